The number of hydrogen-bond acceptors (Lipinski definition) is 4. The van der Waals surface area contributed by atoms with Gasteiger partial charge in [-0.3, -0.25) is 14.5 Å². The number of carbonyl (C=O) groups is 2. The maximum absolute atomic E-state index is 12.8. The predicted octanol–water partition coefficient (Wildman–Crippen LogP) is 1.34. The second kappa shape index (κ2) is 8.26. The first kappa shape index (κ1) is 16.9. The number of carbonyl (C=O) groups excluding carboxylic acids is 2. The molecule has 6 nitrogen and oxygen atoms in total. The number of hydrogen-bond donors (Lipinski definition) is 1. The van der Waals surface area contributed by atoms with E-state index >= 15 is 0 Å². The second-order valence-electron chi connectivity index (χ2n) is 6.33. The van der Waals surface area contributed by atoms with Crippen LogP contribution in [0.15, 0.2) is 30.3 Å². The van der Waals surface area contributed by atoms with Crippen molar-refractivity contribution in [1.29, 1.82) is 0 Å². The topological polar surface area (TPSA) is 61.9 Å². The second-order valence-corrected chi connectivity index (χ2v) is 6.33. The first-order valence-corrected chi connectivity index (χ1v) is 8.69. The van der Waals surface area contributed by atoms with E-state index in [1.54, 1.807) is 0 Å². The van der Waals surface area contributed by atoms with Gasteiger partial charge in [-0.1, -0.05) is 24.6 Å². The van der Waals surface area contributed by atoms with Gasteiger partial charge in [-0.15, -0.1) is 0 Å². The van der Waals surface area contributed by atoms with E-state index in [0.717, 1.165) is 31.5 Å². The van der Waals surface area contributed by atoms with Crippen LogP contribution < -0.4 is 5.32 Å². The standard InChI is InChI=1S/C18H25N3O3/c22-17(19-15-6-2-1-3-7-15)14-21-9-5-4-8-16(21)18(23)20-10-12-24-13-11-20/h1-3,6-7,16H,4-5,8-14H2,(H,19,22). The van der Waals surface area contributed by atoms with Gasteiger partial charge in [0.15, 0.2) is 0 Å². The van der Waals surface area contributed by atoms with Crippen LogP contribution in [0.25, 0.3) is 0 Å². The number of piperidine rings is 1. The van der Waals surface area contributed by atoms with Gasteiger partial charge in [-0.2, -0.15) is 0 Å². The van der Waals surface area contributed by atoms with Crippen molar-refractivity contribution in [2.24, 2.45) is 0 Å². The molecule has 1 unspecified atom stereocenters. The fourth-order valence-electron chi connectivity index (χ4n) is 3.36. The summed E-state index contributed by atoms with van der Waals surface area (Å²) in [4.78, 5) is 29.0. The van der Waals surface area contributed by atoms with E-state index in [2.05, 4.69) is 5.32 Å². The Morgan fingerprint density at radius 1 is 1.08 bits per heavy atom. The first-order valence-electron chi connectivity index (χ1n) is 8.69. The average molecular weight is 331 g/mol. The molecular weight excluding hydrogens is 306 g/mol. The minimum absolute atomic E-state index is 0.0668. The number of nitrogens with zero attached hydrogens (tertiary/aromatic N) is 2. The number of likely N-dealkylation sites (tertiary alicyclic amines) is 1. The summed E-state index contributed by atoms with van der Waals surface area (Å²) in [5, 5.41) is 2.90. The average Bonchev–Trinajstić information content (AvgIpc) is 2.63. The molecule has 130 valence electrons. The highest BCUT2D eigenvalue weighted by atomic mass is 16.5. The summed E-state index contributed by atoms with van der Waals surface area (Å²) in [6.45, 7) is 3.57. The molecule has 0 radical (unpaired) electrons. The Balaban J connectivity index is 1.59. The Labute approximate surface area is 142 Å². The molecule has 3 rings (SSSR count). The molecule has 2 aliphatic rings. The molecule has 1 N–H and O–H groups in total. The molecule has 2 saturated heterocycles. The van der Waals surface area contributed by atoms with E-state index in [0.29, 0.717) is 26.3 Å². The molecule has 6 heteroatoms. The molecule has 0 aromatic heterocycles. The highest BCUT2D eigenvalue weighted by Crippen LogP contribution is 2.19. The Hall–Kier alpha value is -1.92. The van der Waals surface area contributed by atoms with Crippen molar-refractivity contribution in [2.45, 2.75) is 25.3 Å². The van der Waals surface area contributed by atoms with E-state index in [9.17, 15) is 9.59 Å². The molecule has 2 fully saturated rings. The van der Waals surface area contributed by atoms with E-state index in [-0.39, 0.29) is 24.4 Å². The predicted molar refractivity (Wildman–Crippen MR) is 91.7 cm³/mol. The van der Waals surface area contributed by atoms with Crippen LogP contribution in [0.1, 0.15) is 19.3 Å². The fraction of sp³-hybridized carbons (Fsp3) is 0.556. The van der Waals surface area contributed by atoms with Crippen molar-refractivity contribution < 1.29 is 14.3 Å². The summed E-state index contributed by atoms with van der Waals surface area (Å²) >= 11 is 0. The SMILES string of the molecule is O=C(CN1CCCCC1C(=O)N1CCOCC1)Nc1ccccc1. The zero-order chi connectivity index (χ0) is 16.8. The minimum atomic E-state index is -0.182. The number of morpholine rings is 1. The number of benzene rings is 1. The number of rotatable bonds is 4. The van der Waals surface area contributed by atoms with Gasteiger partial charge in [-0.25, -0.2) is 0 Å². The lowest BCUT2D eigenvalue weighted by molar-refractivity contribution is -0.142. The van der Waals surface area contributed by atoms with Gasteiger partial charge in [0, 0.05) is 18.8 Å². The van der Waals surface area contributed by atoms with Crippen LogP contribution in [0, 0.1) is 0 Å². The Morgan fingerprint density at radius 3 is 2.58 bits per heavy atom. The Bertz CT molecular complexity index is 558. The van der Waals surface area contributed by atoms with Crippen LogP contribution in [0.5, 0.6) is 0 Å². The highest BCUT2D eigenvalue weighted by molar-refractivity contribution is 5.93. The van der Waals surface area contributed by atoms with E-state index in [1.807, 2.05) is 40.1 Å². The van der Waals surface area contributed by atoms with E-state index in [4.69, 9.17) is 4.74 Å². The van der Waals surface area contributed by atoms with Gasteiger partial charge < -0.3 is 15.0 Å². The molecule has 1 atom stereocenters. The van der Waals surface area contributed by atoms with Gasteiger partial charge in [0.25, 0.3) is 0 Å². The number of anilines is 1. The van der Waals surface area contributed by atoms with Crippen molar-refractivity contribution in [1.82, 2.24) is 9.80 Å². The van der Waals surface area contributed by atoms with Gasteiger partial charge in [0.05, 0.1) is 25.8 Å². The molecule has 2 heterocycles. The maximum Gasteiger partial charge on any atom is 0.240 e. The third-order valence-corrected chi connectivity index (χ3v) is 4.63. The first-order chi connectivity index (χ1) is 11.7. The molecule has 0 spiro atoms. The van der Waals surface area contributed by atoms with Crippen LogP contribution in [0.2, 0.25) is 0 Å². The summed E-state index contributed by atoms with van der Waals surface area (Å²) in [7, 11) is 0. The van der Waals surface area contributed by atoms with E-state index < -0.39 is 0 Å². The smallest absolute Gasteiger partial charge is 0.240 e. The number of nitrogens with one attached hydrogen (secondary N) is 1. The molecule has 0 saturated carbocycles. The van der Waals surface area contributed by atoms with E-state index in [1.165, 1.54) is 0 Å². The zero-order valence-corrected chi connectivity index (χ0v) is 13.9. The number of para-hydroxylation sites is 1. The summed E-state index contributed by atoms with van der Waals surface area (Å²) in [5.74, 6) is 0.0772. The van der Waals surface area contributed by atoms with Gasteiger partial charge in [-0.05, 0) is 31.5 Å². The third-order valence-electron chi connectivity index (χ3n) is 4.63. The molecule has 1 aromatic carbocycles. The van der Waals surface area contributed by atoms with Crippen LogP contribution in [0.4, 0.5) is 5.69 Å². The van der Waals surface area contributed by atoms with Gasteiger partial charge in [0.2, 0.25) is 11.8 Å². The summed E-state index contributed by atoms with van der Waals surface area (Å²) in [6, 6.07) is 9.24. The maximum atomic E-state index is 12.8. The molecule has 0 bridgehead atoms. The number of amides is 2. The highest BCUT2D eigenvalue weighted by Gasteiger charge is 2.33. The normalized spacial score (nSPS) is 22.2. The molecule has 0 aliphatic carbocycles. The van der Waals surface area contributed by atoms with Gasteiger partial charge >= 0.3 is 0 Å². The van der Waals surface area contributed by atoms with Crippen LogP contribution >= 0.6 is 0 Å². The lowest BCUT2D eigenvalue weighted by atomic mass is 10.0. The summed E-state index contributed by atoms with van der Waals surface area (Å²) in [5.41, 5.74) is 0.788. The van der Waals surface area contributed by atoms with Crippen molar-refractivity contribution in [3.8, 4) is 0 Å². The van der Waals surface area contributed by atoms with Crippen molar-refractivity contribution in [3.05, 3.63) is 30.3 Å². The quantitative estimate of drug-likeness (QED) is 0.904. The van der Waals surface area contributed by atoms with Crippen LogP contribution in [-0.4, -0.2) is 67.0 Å². The van der Waals surface area contributed by atoms with Crippen molar-refractivity contribution in [2.75, 3.05) is 44.7 Å². The zero-order valence-electron chi connectivity index (χ0n) is 13.9. The molecule has 1 aromatic rings. The van der Waals surface area contributed by atoms with Gasteiger partial charge in [0.1, 0.15) is 0 Å². The Morgan fingerprint density at radius 2 is 1.83 bits per heavy atom. The largest absolute Gasteiger partial charge is 0.378 e. The number of ether oxygens (including phenoxy) is 1. The fourth-order valence-corrected chi connectivity index (χ4v) is 3.36. The molecule has 2 aliphatic heterocycles. The van der Waals surface area contributed by atoms with Crippen molar-refractivity contribution in [3.63, 3.8) is 0 Å². The lowest BCUT2D eigenvalue weighted by Gasteiger charge is -2.38. The minimum Gasteiger partial charge on any atom is -0.378 e. The molecule has 24 heavy (non-hydrogen) atoms. The van der Waals surface area contributed by atoms with Crippen molar-refractivity contribution >= 4 is 17.5 Å². The summed E-state index contributed by atoms with van der Waals surface area (Å²) < 4.78 is 5.32. The molecular formula is C18H25N3O3. The summed E-state index contributed by atoms with van der Waals surface area (Å²) in [6.07, 6.45) is 2.90. The van der Waals surface area contributed by atoms with Crippen LogP contribution in [-0.2, 0) is 14.3 Å². The van der Waals surface area contributed by atoms with Crippen LogP contribution in [0.3, 0.4) is 0 Å². The Kier molecular flexibility index (Phi) is 5.82. The third kappa shape index (κ3) is 4.33. The monoisotopic (exact) mass is 331 g/mol. The molecule has 2 amide bonds. The lowest BCUT2D eigenvalue weighted by Crippen LogP contribution is -2.54.